The van der Waals surface area contributed by atoms with Gasteiger partial charge in [-0.1, -0.05) is 26.0 Å². The molecule has 1 aromatic carbocycles. The molecule has 0 spiro atoms. The minimum atomic E-state index is 0. The van der Waals surface area contributed by atoms with Gasteiger partial charge in [-0.05, 0) is 56.6 Å². The minimum absolute atomic E-state index is 0. The summed E-state index contributed by atoms with van der Waals surface area (Å²) in [5.74, 6) is 3.25. The number of ether oxygens (including phenoxy) is 2. The Morgan fingerprint density at radius 2 is 2.13 bits per heavy atom. The molecule has 0 saturated carbocycles. The van der Waals surface area contributed by atoms with Gasteiger partial charge in [-0.2, -0.15) is 0 Å². The molecule has 7 heteroatoms. The van der Waals surface area contributed by atoms with E-state index < -0.39 is 0 Å². The third-order valence-corrected chi connectivity index (χ3v) is 5.37. The van der Waals surface area contributed by atoms with Gasteiger partial charge >= 0.3 is 0 Å². The molecule has 1 heterocycles. The van der Waals surface area contributed by atoms with E-state index in [1.54, 1.807) is 0 Å². The van der Waals surface area contributed by atoms with Gasteiger partial charge in [0.1, 0.15) is 5.75 Å². The zero-order chi connectivity index (χ0) is 21.8. The molecule has 6 nitrogen and oxygen atoms in total. The summed E-state index contributed by atoms with van der Waals surface area (Å²) in [6.45, 7) is 13.3. The molecule has 2 rings (SSSR count). The maximum absolute atomic E-state index is 9.36. The lowest BCUT2D eigenvalue weighted by atomic mass is 9.94. The lowest BCUT2D eigenvalue weighted by molar-refractivity contribution is 0.166. The highest BCUT2D eigenvalue weighted by atomic mass is 127. The van der Waals surface area contributed by atoms with Crippen molar-refractivity contribution in [1.82, 2.24) is 10.6 Å². The molecule has 1 saturated heterocycles. The van der Waals surface area contributed by atoms with Crippen LogP contribution in [0.1, 0.15) is 51.2 Å². The Kier molecular flexibility index (Phi) is 14.2. The Hall–Kier alpha value is -1.06. The van der Waals surface area contributed by atoms with E-state index in [2.05, 4.69) is 56.5 Å². The van der Waals surface area contributed by atoms with Gasteiger partial charge in [0.05, 0.1) is 19.8 Å². The Morgan fingerprint density at radius 1 is 1.32 bits per heavy atom. The van der Waals surface area contributed by atoms with Crippen LogP contribution in [-0.2, 0) is 11.3 Å². The summed E-state index contributed by atoms with van der Waals surface area (Å²) in [6.07, 6.45) is 2.97. The normalized spacial score (nSPS) is 17.4. The first-order valence-electron chi connectivity index (χ1n) is 11.4. The number of guanidine groups is 1. The zero-order valence-corrected chi connectivity index (χ0v) is 22.0. The average molecular weight is 548 g/mol. The van der Waals surface area contributed by atoms with E-state index in [9.17, 15) is 5.11 Å². The van der Waals surface area contributed by atoms with E-state index in [-0.39, 0.29) is 30.6 Å². The van der Waals surface area contributed by atoms with Crippen molar-refractivity contribution in [2.24, 2.45) is 22.7 Å². The van der Waals surface area contributed by atoms with Crippen LogP contribution < -0.4 is 15.4 Å². The molecule has 0 bridgehead atoms. The van der Waals surface area contributed by atoms with Crippen molar-refractivity contribution < 1.29 is 14.6 Å². The molecule has 1 aliphatic rings. The molecular weight excluding hydrogens is 505 g/mol. The van der Waals surface area contributed by atoms with Gasteiger partial charge in [-0.15, -0.1) is 24.0 Å². The smallest absolute Gasteiger partial charge is 0.191 e. The van der Waals surface area contributed by atoms with E-state index in [0.717, 1.165) is 62.8 Å². The number of aliphatic hydroxyl groups is 1. The second kappa shape index (κ2) is 15.7. The molecule has 2 unspecified atom stereocenters. The van der Waals surface area contributed by atoms with Crippen LogP contribution in [0.3, 0.4) is 0 Å². The van der Waals surface area contributed by atoms with E-state index in [1.807, 2.05) is 0 Å². The first kappa shape index (κ1) is 28.0. The van der Waals surface area contributed by atoms with Gasteiger partial charge in [0.2, 0.25) is 0 Å². The number of hydrogen-bond donors (Lipinski definition) is 3. The highest BCUT2D eigenvalue weighted by molar-refractivity contribution is 14.0. The van der Waals surface area contributed by atoms with E-state index in [1.165, 1.54) is 5.56 Å². The fourth-order valence-electron chi connectivity index (χ4n) is 3.75. The van der Waals surface area contributed by atoms with Gasteiger partial charge in [-0.25, -0.2) is 4.99 Å². The maximum atomic E-state index is 9.36. The average Bonchev–Trinajstić information content (AvgIpc) is 3.22. The second-order valence-corrected chi connectivity index (χ2v) is 8.74. The maximum Gasteiger partial charge on any atom is 0.191 e. The highest BCUT2D eigenvalue weighted by Gasteiger charge is 2.17. The molecule has 2 atom stereocenters. The summed E-state index contributed by atoms with van der Waals surface area (Å²) in [5, 5.41) is 16.1. The lowest BCUT2D eigenvalue weighted by Crippen LogP contribution is -2.40. The lowest BCUT2D eigenvalue weighted by Gasteiger charge is -2.20. The molecule has 1 fully saturated rings. The van der Waals surface area contributed by atoms with Gasteiger partial charge < -0.3 is 25.2 Å². The summed E-state index contributed by atoms with van der Waals surface area (Å²) < 4.78 is 11.6. The fourth-order valence-corrected chi connectivity index (χ4v) is 3.75. The van der Waals surface area contributed by atoms with E-state index in [4.69, 9.17) is 14.5 Å². The van der Waals surface area contributed by atoms with Gasteiger partial charge in [0.15, 0.2) is 5.96 Å². The molecule has 0 aromatic heterocycles. The predicted octanol–water partition coefficient (Wildman–Crippen LogP) is 4.13. The first-order chi connectivity index (χ1) is 14.5. The van der Waals surface area contributed by atoms with Crippen LogP contribution in [0.2, 0.25) is 0 Å². The SMILES string of the molecule is CCNC(=NCc1ccc(C)cc1OCC1CCOC1)NCC(CCO)CC(C)C.I. The first-order valence-corrected chi connectivity index (χ1v) is 11.4. The van der Waals surface area contributed by atoms with Crippen molar-refractivity contribution in [3.05, 3.63) is 29.3 Å². The Morgan fingerprint density at radius 3 is 2.77 bits per heavy atom. The summed E-state index contributed by atoms with van der Waals surface area (Å²) in [4.78, 5) is 4.79. The molecule has 0 radical (unpaired) electrons. The van der Waals surface area contributed by atoms with Crippen molar-refractivity contribution in [1.29, 1.82) is 0 Å². The number of halogens is 1. The molecule has 31 heavy (non-hydrogen) atoms. The molecule has 0 amide bonds. The number of benzene rings is 1. The van der Waals surface area contributed by atoms with Crippen LogP contribution in [0.4, 0.5) is 0 Å². The van der Waals surface area contributed by atoms with Crippen LogP contribution in [0, 0.1) is 24.7 Å². The number of rotatable bonds is 12. The second-order valence-electron chi connectivity index (χ2n) is 8.74. The molecule has 178 valence electrons. The van der Waals surface area contributed by atoms with Crippen molar-refractivity contribution in [2.75, 3.05) is 39.5 Å². The van der Waals surface area contributed by atoms with Crippen LogP contribution >= 0.6 is 24.0 Å². The Balaban J connectivity index is 0.00000480. The van der Waals surface area contributed by atoms with Gasteiger partial charge in [-0.3, -0.25) is 0 Å². The highest BCUT2D eigenvalue weighted by Crippen LogP contribution is 2.23. The topological polar surface area (TPSA) is 75.1 Å². The molecule has 1 aromatic rings. The van der Waals surface area contributed by atoms with Crippen LogP contribution in [0.5, 0.6) is 5.75 Å². The fraction of sp³-hybridized carbons (Fsp3) is 0.708. The third-order valence-electron chi connectivity index (χ3n) is 5.37. The standard InChI is InChI=1S/C24H41N3O3.HI/c1-5-25-24(26-14-20(8-10-28)12-18(2)3)27-15-22-7-6-19(4)13-23(22)30-17-21-9-11-29-16-21;/h6-7,13,18,20-21,28H,5,8-12,14-17H2,1-4H3,(H2,25,26,27);1H. The number of aryl methyl sites for hydroxylation is 1. The summed E-state index contributed by atoms with van der Waals surface area (Å²) in [7, 11) is 0. The number of aliphatic hydroxyl groups excluding tert-OH is 1. The number of hydrogen-bond acceptors (Lipinski definition) is 4. The zero-order valence-electron chi connectivity index (χ0n) is 19.7. The van der Waals surface area contributed by atoms with E-state index >= 15 is 0 Å². The van der Waals surface area contributed by atoms with Crippen molar-refractivity contribution in [2.45, 2.75) is 53.5 Å². The van der Waals surface area contributed by atoms with Crippen molar-refractivity contribution >= 4 is 29.9 Å². The summed E-state index contributed by atoms with van der Waals surface area (Å²) >= 11 is 0. The third kappa shape index (κ3) is 10.9. The summed E-state index contributed by atoms with van der Waals surface area (Å²) in [6, 6.07) is 6.31. The monoisotopic (exact) mass is 547 g/mol. The van der Waals surface area contributed by atoms with Gasteiger partial charge in [0.25, 0.3) is 0 Å². The molecule has 0 aliphatic carbocycles. The number of nitrogens with zero attached hydrogens (tertiary/aromatic N) is 1. The molecule has 1 aliphatic heterocycles. The number of nitrogens with one attached hydrogen (secondary N) is 2. The largest absolute Gasteiger partial charge is 0.493 e. The van der Waals surface area contributed by atoms with Gasteiger partial charge in [0, 0.05) is 37.8 Å². The molecular formula is C24H42IN3O3. The Labute approximate surface area is 205 Å². The Bertz CT molecular complexity index is 649. The minimum Gasteiger partial charge on any atom is -0.493 e. The predicted molar refractivity (Wildman–Crippen MR) is 138 cm³/mol. The quantitative estimate of drug-likeness (QED) is 0.209. The number of aliphatic imine (C=N–C) groups is 1. The summed E-state index contributed by atoms with van der Waals surface area (Å²) in [5.41, 5.74) is 2.27. The van der Waals surface area contributed by atoms with Crippen LogP contribution in [0.15, 0.2) is 23.2 Å². The van der Waals surface area contributed by atoms with Crippen LogP contribution in [-0.4, -0.2) is 50.6 Å². The van der Waals surface area contributed by atoms with Crippen molar-refractivity contribution in [3.63, 3.8) is 0 Å². The van der Waals surface area contributed by atoms with Crippen LogP contribution in [0.25, 0.3) is 0 Å². The molecule has 3 N–H and O–H groups in total. The van der Waals surface area contributed by atoms with Crippen molar-refractivity contribution in [3.8, 4) is 5.75 Å². The van der Waals surface area contributed by atoms with E-state index in [0.29, 0.717) is 30.9 Å².